The molecule has 1 aromatic heterocycles. The van der Waals surface area contributed by atoms with E-state index in [0.717, 1.165) is 35.2 Å². The summed E-state index contributed by atoms with van der Waals surface area (Å²) in [7, 11) is 4.79. The number of aromatic nitrogens is 1. The largest absolute Gasteiger partial charge is 0.493 e. The first-order valence-corrected chi connectivity index (χ1v) is 12.4. The molecule has 1 aliphatic carbocycles. The fraction of sp³-hybridized carbons (Fsp3) is 0.481. The summed E-state index contributed by atoms with van der Waals surface area (Å²) >= 11 is 0. The van der Waals surface area contributed by atoms with Gasteiger partial charge in [0, 0.05) is 23.2 Å². The van der Waals surface area contributed by atoms with Crippen LogP contribution in [0.1, 0.15) is 55.2 Å². The zero-order valence-electron chi connectivity index (χ0n) is 22.3. The molecule has 1 unspecified atom stereocenters. The van der Waals surface area contributed by atoms with Gasteiger partial charge in [-0.25, -0.2) is 9.78 Å². The van der Waals surface area contributed by atoms with Gasteiger partial charge in [-0.15, -0.1) is 0 Å². The summed E-state index contributed by atoms with van der Waals surface area (Å²) in [6, 6.07) is 6.03. The van der Waals surface area contributed by atoms with E-state index in [0.29, 0.717) is 36.2 Å². The Bertz CT molecular complexity index is 1220. The Hall–Kier alpha value is -3.90. The van der Waals surface area contributed by atoms with E-state index in [-0.39, 0.29) is 18.1 Å². The number of aliphatic imine (C=N–C) groups is 1. The zero-order chi connectivity index (χ0) is 28.7. The van der Waals surface area contributed by atoms with E-state index < -0.39 is 24.5 Å². The van der Waals surface area contributed by atoms with Gasteiger partial charge < -0.3 is 39.4 Å². The molecule has 1 saturated carbocycles. The predicted octanol–water partition coefficient (Wildman–Crippen LogP) is 2.26. The number of hydrogen-bond acceptors (Lipinski definition) is 10. The lowest BCUT2D eigenvalue weighted by atomic mass is 9.74. The molecule has 0 saturated heterocycles. The van der Waals surface area contributed by atoms with Crippen LogP contribution in [0.3, 0.4) is 0 Å². The van der Waals surface area contributed by atoms with Gasteiger partial charge >= 0.3 is 11.9 Å². The van der Waals surface area contributed by atoms with E-state index in [9.17, 15) is 14.7 Å². The highest BCUT2D eigenvalue weighted by molar-refractivity contribution is 6.15. The number of aliphatic carboxylic acids is 2. The first-order chi connectivity index (χ1) is 18.6. The maximum Gasteiger partial charge on any atom is 0.333 e. The van der Waals surface area contributed by atoms with Crippen molar-refractivity contribution < 1.29 is 49.0 Å². The Morgan fingerprint density at radius 2 is 1.74 bits per heavy atom. The fourth-order valence-electron chi connectivity index (χ4n) is 4.72. The molecule has 0 amide bonds. The summed E-state index contributed by atoms with van der Waals surface area (Å²) in [6.45, 7) is 2.50. The molecule has 2 heterocycles. The van der Waals surface area contributed by atoms with Crippen LogP contribution < -0.4 is 18.9 Å². The molecule has 1 aliphatic heterocycles. The molecule has 0 radical (unpaired) electrons. The topological polar surface area (TPSA) is 177 Å². The number of ether oxygens (including phenoxy) is 4. The van der Waals surface area contributed by atoms with Crippen LogP contribution in [0.4, 0.5) is 0 Å². The van der Waals surface area contributed by atoms with Crippen molar-refractivity contribution >= 4 is 17.7 Å². The maximum atomic E-state index is 10.3. The van der Waals surface area contributed by atoms with Gasteiger partial charge in [-0.05, 0) is 49.9 Å². The molecule has 12 nitrogen and oxygen atoms in total. The summed E-state index contributed by atoms with van der Waals surface area (Å²) in [5, 5.41) is 34.5. The third-order valence-electron chi connectivity index (χ3n) is 6.53. The molecule has 1 aromatic carbocycles. The van der Waals surface area contributed by atoms with E-state index in [1.54, 1.807) is 27.5 Å². The van der Waals surface area contributed by atoms with Crippen molar-refractivity contribution in [3.05, 3.63) is 41.1 Å². The Morgan fingerprint density at radius 3 is 2.31 bits per heavy atom. The average molecular weight is 547 g/mol. The van der Waals surface area contributed by atoms with Gasteiger partial charge in [0.2, 0.25) is 0 Å². The lowest BCUT2D eigenvalue weighted by Crippen LogP contribution is -2.34. The van der Waals surface area contributed by atoms with Crippen molar-refractivity contribution in [2.75, 3.05) is 27.9 Å². The highest BCUT2D eigenvalue weighted by atomic mass is 16.5. The molecule has 2 aliphatic rings. The third kappa shape index (κ3) is 6.95. The highest BCUT2D eigenvalue weighted by Crippen LogP contribution is 2.45. The molecule has 212 valence electrons. The van der Waals surface area contributed by atoms with Crippen molar-refractivity contribution in [3.8, 4) is 23.1 Å². The number of carboxylic acid groups (broad SMARTS) is 2. The van der Waals surface area contributed by atoms with Crippen LogP contribution in [0.25, 0.3) is 0 Å². The molecule has 4 rings (SSSR count). The molecular formula is C27H34N2O10. The van der Waals surface area contributed by atoms with E-state index in [1.807, 2.05) is 19.1 Å². The Morgan fingerprint density at radius 1 is 1.03 bits per heavy atom. The summed E-state index contributed by atoms with van der Waals surface area (Å²) in [5.41, 5.74) is 3.80. The first-order valence-electron chi connectivity index (χ1n) is 12.4. The smallest absolute Gasteiger partial charge is 0.333 e. The number of rotatable bonds is 9. The first kappa shape index (κ1) is 29.7. The van der Waals surface area contributed by atoms with Crippen LogP contribution in [0.5, 0.6) is 23.1 Å². The summed E-state index contributed by atoms with van der Waals surface area (Å²) in [6.07, 6.45) is 1.19. The molecule has 12 heteroatoms. The number of hydrogen-bond donors (Lipinski definition) is 4. The van der Waals surface area contributed by atoms with Crippen LogP contribution >= 0.6 is 0 Å². The zero-order valence-corrected chi connectivity index (χ0v) is 22.3. The van der Waals surface area contributed by atoms with Gasteiger partial charge in [-0.3, -0.25) is 9.79 Å². The number of carbonyl (C=O) groups is 2. The molecule has 0 bridgehead atoms. The van der Waals surface area contributed by atoms with Crippen LogP contribution in [0.15, 0.2) is 29.4 Å². The summed E-state index contributed by atoms with van der Waals surface area (Å²) in [5.74, 6) is -0.344. The Balaban J connectivity index is 0.000000403. The molecule has 2 aromatic rings. The average Bonchev–Trinajstić information content (AvgIpc) is 2.92. The molecular weight excluding hydrogens is 512 g/mol. The number of benzene rings is 1. The van der Waals surface area contributed by atoms with Crippen LogP contribution in [0.2, 0.25) is 0 Å². The molecule has 39 heavy (non-hydrogen) atoms. The standard InChI is InChI=1S/C23H28N2O5.C4H6O5/c1-5-30-20-10-15-16-9-14(26)6-7-18(16)25-22(17(15)11-19(20)27-2)13-8-21(28-3)23(29-4)24-12-13;5-2(4(8)9)1-3(6)7/h8,10-12,14,16,18,26H,5-7,9H2,1-4H3;2,5H,1H2,(H,6,7)(H,8,9)/t14-,16-,18-;/m1./s1. The number of fused-ring (bicyclic) bond motifs is 3. The minimum absolute atomic E-state index is 0.104. The molecule has 4 N–H and O–H groups in total. The van der Waals surface area contributed by atoms with E-state index in [2.05, 4.69) is 11.1 Å². The fourth-order valence-corrected chi connectivity index (χ4v) is 4.72. The molecule has 4 atom stereocenters. The molecule has 0 spiro atoms. The SMILES string of the molecule is CCOc1cc2c(cc1OC)C(c1cnc(OC)c(OC)c1)=N[C@@H]1CC[C@@H](O)C[C@H]21.O=C(O)CC(O)C(=O)O. The number of carboxylic acids is 2. The van der Waals surface area contributed by atoms with E-state index in [4.69, 9.17) is 39.3 Å². The van der Waals surface area contributed by atoms with Gasteiger partial charge in [-0.1, -0.05) is 0 Å². The van der Waals surface area contributed by atoms with Gasteiger partial charge in [0.25, 0.3) is 5.88 Å². The van der Waals surface area contributed by atoms with E-state index in [1.165, 1.54) is 0 Å². The monoisotopic (exact) mass is 546 g/mol. The van der Waals surface area contributed by atoms with Crippen molar-refractivity contribution in [3.63, 3.8) is 0 Å². The predicted molar refractivity (Wildman–Crippen MR) is 139 cm³/mol. The lowest BCUT2D eigenvalue weighted by Gasteiger charge is -2.37. The lowest BCUT2D eigenvalue weighted by molar-refractivity contribution is -0.152. The second-order valence-electron chi connectivity index (χ2n) is 9.03. The van der Waals surface area contributed by atoms with Crippen molar-refractivity contribution in [1.82, 2.24) is 4.98 Å². The number of aliphatic hydroxyl groups excluding tert-OH is 2. The van der Waals surface area contributed by atoms with Crippen molar-refractivity contribution in [1.29, 1.82) is 0 Å². The minimum atomic E-state index is -1.79. The number of pyridine rings is 1. The second-order valence-corrected chi connectivity index (χ2v) is 9.03. The van der Waals surface area contributed by atoms with Crippen LogP contribution in [-0.4, -0.2) is 89.2 Å². The number of aliphatic hydroxyl groups is 2. The minimum Gasteiger partial charge on any atom is -0.493 e. The third-order valence-corrected chi connectivity index (χ3v) is 6.53. The van der Waals surface area contributed by atoms with Gasteiger partial charge in [-0.2, -0.15) is 0 Å². The van der Waals surface area contributed by atoms with Crippen LogP contribution in [-0.2, 0) is 9.59 Å². The maximum absolute atomic E-state index is 10.3. The quantitative estimate of drug-likeness (QED) is 0.363. The Labute approximate surface area is 225 Å². The van der Waals surface area contributed by atoms with Gasteiger partial charge in [0.05, 0.1) is 52.2 Å². The number of methoxy groups -OCH3 is 3. The number of nitrogens with zero attached hydrogens (tertiary/aromatic N) is 2. The van der Waals surface area contributed by atoms with Gasteiger partial charge in [0.15, 0.2) is 23.4 Å². The second kappa shape index (κ2) is 13.3. The van der Waals surface area contributed by atoms with Crippen LogP contribution in [0, 0.1) is 0 Å². The Kier molecular flexibility index (Phi) is 10.1. The molecule has 1 fully saturated rings. The van der Waals surface area contributed by atoms with Crippen molar-refractivity contribution in [2.45, 2.75) is 56.8 Å². The highest BCUT2D eigenvalue weighted by Gasteiger charge is 2.37. The normalized spacial score (nSPS) is 20.2. The summed E-state index contributed by atoms with van der Waals surface area (Å²) < 4.78 is 22.2. The van der Waals surface area contributed by atoms with Gasteiger partial charge in [0.1, 0.15) is 0 Å². The summed E-state index contributed by atoms with van der Waals surface area (Å²) in [4.78, 5) is 28.9. The van der Waals surface area contributed by atoms with E-state index >= 15 is 0 Å². The van der Waals surface area contributed by atoms with Crippen molar-refractivity contribution in [2.24, 2.45) is 4.99 Å².